The summed E-state index contributed by atoms with van der Waals surface area (Å²) in [4.78, 5) is 13.0. The van der Waals surface area contributed by atoms with E-state index in [0.29, 0.717) is 25.1 Å². The van der Waals surface area contributed by atoms with E-state index in [1.165, 1.54) is 17.0 Å². The van der Waals surface area contributed by atoms with Crippen LogP contribution in [0.5, 0.6) is 5.75 Å². The Balaban J connectivity index is 2.28. The molecule has 0 bridgehead atoms. The normalized spacial score (nSPS) is 16.2. The molecule has 1 aromatic rings. The minimum atomic E-state index is -4.75. The largest absolute Gasteiger partial charge is 0.573 e. The summed E-state index contributed by atoms with van der Waals surface area (Å²) in [6.45, 7) is 0.520. The van der Waals surface area contributed by atoms with Crippen LogP contribution in [0.25, 0.3) is 0 Å². The zero-order valence-electron chi connectivity index (χ0n) is 9.13. The molecule has 0 atom stereocenters. The van der Waals surface area contributed by atoms with Crippen molar-refractivity contribution < 1.29 is 22.7 Å². The van der Waals surface area contributed by atoms with Crippen molar-refractivity contribution in [1.82, 2.24) is 0 Å². The fraction of sp³-hybridized carbons (Fsp3) is 0.364. The Bertz CT molecular complexity index is 476. The predicted molar refractivity (Wildman–Crippen MR) is 62.4 cm³/mol. The van der Waals surface area contributed by atoms with Gasteiger partial charge in [-0.25, -0.2) is 0 Å². The lowest BCUT2D eigenvalue weighted by Gasteiger charge is -2.18. The first kappa shape index (κ1) is 13.2. The molecule has 0 unspecified atom stereocenters. The first-order valence-corrected chi connectivity index (χ1v) is 6.02. The van der Waals surface area contributed by atoms with E-state index in [9.17, 15) is 18.0 Å². The highest BCUT2D eigenvalue weighted by molar-refractivity contribution is 9.10. The maximum Gasteiger partial charge on any atom is 0.573 e. The Kier molecular flexibility index (Phi) is 3.52. The van der Waals surface area contributed by atoms with E-state index in [-0.39, 0.29) is 16.1 Å². The van der Waals surface area contributed by atoms with E-state index in [1.54, 1.807) is 6.07 Å². The topological polar surface area (TPSA) is 29.5 Å². The number of benzene rings is 1. The minimum absolute atomic E-state index is 0.0877. The van der Waals surface area contributed by atoms with Gasteiger partial charge in [-0.2, -0.15) is 0 Å². The van der Waals surface area contributed by atoms with Crippen LogP contribution in [0.4, 0.5) is 18.9 Å². The van der Waals surface area contributed by atoms with Gasteiger partial charge >= 0.3 is 6.36 Å². The van der Waals surface area contributed by atoms with Gasteiger partial charge in [0.1, 0.15) is 5.75 Å². The SMILES string of the molecule is O=C1CCCN1c1ccc(Br)c(OC(F)(F)F)c1. The van der Waals surface area contributed by atoms with Crippen LogP contribution in [0.2, 0.25) is 0 Å². The predicted octanol–water partition coefficient (Wildman–Crippen LogP) is 3.47. The van der Waals surface area contributed by atoms with Gasteiger partial charge in [-0.1, -0.05) is 0 Å². The first-order chi connectivity index (χ1) is 8.37. The number of amides is 1. The monoisotopic (exact) mass is 323 g/mol. The Labute approximate surface area is 110 Å². The Morgan fingerprint density at radius 2 is 2.06 bits per heavy atom. The summed E-state index contributed by atoms with van der Waals surface area (Å²) in [6.07, 6.45) is -3.62. The molecule has 1 aliphatic heterocycles. The van der Waals surface area contributed by atoms with Crippen LogP contribution in [0.15, 0.2) is 22.7 Å². The Hall–Kier alpha value is -1.24. The number of ether oxygens (including phenoxy) is 1. The third-order valence-corrected chi connectivity index (χ3v) is 3.18. The molecule has 0 radical (unpaired) electrons. The molecular weight excluding hydrogens is 315 g/mol. The van der Waals surface area contributed by atoms with Crippen molar-refractivity contribution in [3.63, 3.8) is 0 Å². The van der Waals surface area contributed by atoms with Gasteiger partial charge in [0.25, 0.3) is 0 Å². The number of hydrogen-bond donors (Lipinski definition) is 0. The highest BCUT2D eigenvalue weighted by atomic mass is 79.9. The molecule has 1 aliphatic rings. The summed E-state index contributed by atoms with van der Waals surface area (Å²) >= 11 is 2.98. The number of hydrogen-bond acceptors (Lipinski definition) is 2. The van der Waals surface area contributed by atoms with Gasteiger partial charge in [-0.15, -0.1) is 13.2 Å². The average molecular weight is 324 g/mol. The lowest BCUT2D eigenvalue weighted by atomic mass is 10.3. The van der Waals surface area contributed by atoms with Crippen molar-refractivity contribution in [2.45, 2.75) is 19.2 Å². The quantitative estimate of drug-likeness (QED) is 0.834. The molecule has 1 amide bonds. The zero-order valence-corrected chi connectivity index (χ0v) is 10.7. The molecule has 0 spiro atoms. The number of nitrogens with zero attached hydrogens (tertiary/aromatic N) is 1. The second-order valence-corrected chi connectivity index (χ2v) is 4.67. The standard InChI is InChI=1S/C11H9BrF3NO2/c12-8-4-3-7(16-5-1-2-10(16)17)6-9(8)18-11(13,14)15/h3-4,6H,1-2,5H2. The van der Waals surface area contributed by atoms with Crippen molar-refractivity contribution in [2.24, 2.45) is 0 Å². The molecule has 18 heavy (non-hydrogen) atoms. The summed E-state index contributed by atoms with van der Waals surface area (Å²) in [5.41, 5.74) is 0.417. The summed E-state index contributed by atoms with van der Waals surface area (Å²) in [5, 5.41) is 0. The smallest absolute Gasteiger partial charge is 0.405 e. The van der Waals surface area contributed by atoms with Crippen LogP contribution in [0, 0.1) is 0 Å². The minimum Gasteiger partial charge on any atom is -0.405 e. The van der Waals surface area contributed by atoms with Gasteiger partial charge in [0.05, 0.1) is 4.47 Å². The highest BCUT2D eigenvalue weighted by Gasteiger charge is 2.32. The lowest BCUT2D eigenvalue weighted by Crippen LogP contribution is -2.24. The molecule has 0 aromatic heterocycles. The summed E-state index contributed by atoms with van der Waals surface area (Å²) in [7, 11) is 0. The van der Waals surface area contributed by atoms with Gasteiger partial charge in [-0.05, 0) is 34.5 Å². The van der Waals surface area contributed by atoms with Crippen LogP contribution < -0.4 is 9.64 Å². The molecule has 1 saturated heterocycles. The summed E-state index contributed by atoms with van der Waals surface area (Å²) < 4.78 is 40.6. The summed E-state index contributed by atoms with van der Waals surface area (Å²) in [6, 6.07) is 4.22. The van der Waals surface area contributed by atoms with E-state index in [4.69, 9.17) is 0 Å². The van der Waals surface area contributed by atoms with Gasteiger partial charge in [0.2, 0.25) is 5.91 Å². The third-order valence-electron chi connectivity index (χ3n) is 2.53. The molecule has 1 heterocycles. The van der Waals surface area contributed by atoms with Crippen LogP contribution in [0.1, 0.15) is 12.8 Å². The van der Waals surface area contributed by atoms with Gasteiger partial charge in [-0.3, -0.25) is 4.79 Å². The molecule has 2 rings (SSSR count). The lowest BCUT2D eigenvalue weighted by molar-refractivity contribution is -0.274. The molecule has 7 heteroatoms. The fourth-order valence-electron chi connectivity index (χ4n) is 1.78. The van der Waals surface area contributed by atoms with E-state index < -0.39 is 6.36 Å². The molecule has 0 aliphatic carbocycles. The Morgan fingerprint density at radius 3 is 2.61 bits per heavy atom. The zero-order chi connectivity index (χ0) is 13.3. The highest BCUT2D eigenvalue weighted by Crippen LogP contribution is 2.34. The van der Waals surface area contributed by atoms with Crippen molar-refractivity contribution >= 4 is 27.5 Å². The van der Waals surface area contributed by atoms with Gasteiger partial charge in [0.15, 0.2) is 0 Å². The maximum atomic E-state index is 12.2. The molecule has 98 valence electrons. The van der Waals surface area contributed by atoms with Crippen LogP contribution in [-0.2, 0) is 4.79 Å². The second kappa shape index (κ2) is 4.79. The van der Waals surface area contributed by atoms with E-state index in [0.717, 1.165) is 0 Å². The van der Waals surface area contributed by atoms with Gasteiger partial charge < -0.3 is 9.64 Å². The second-order valence-electron chi connectivity index (χ2n) is 3.81. The van der Waals surface area contributed by atoms with Crippen molar-refractivity contribution in [3.05, 3.63) is 22.7 Å². The molecule has 1 fully saturated rings. The van der Waals surface area contributed by atoms with Crippen molar-refractivity contribution in [1.29, 1.82) is 0 Å². The third kappa shape index (κ3) is 2.95. The number of carbonyl (C=O) groups is 1. The first-order valence-electron chi connectivity index (χ1n) is 5.22. The Morgan fingerprint density at radius 1 is 1.33 bits per heavy atom. The van der Waals surface area contributed by atoms with Crippen LogP contribution in [0.3, 0.4) is 0 Å². The maximum absolute atomic E-state index is 12.2. The molecular formula is C11H9BrF3NO2. The molecule has 0 N–H and O–H groups in total. The fourth-order valence-corrected chi connectivity index (χ4v) is 2.11. The van der Waals surface area contributed by atoms with E-state index in [2.05, 4.69) is 20.7 Å². The number of rotatable bonds is 2. The number of carbonyl (C=O) groups excluding carboxylic acids is 1. The number of halogens is 4. The number of anilines is 1. The summed E-state index contributed by atoms with van der Waals surface area (Å²) in [5.74, 6) is -0.435. The molecule has 1 aromatic carbocycles. The van der Waals surface area contributed by atoms with E-state index in [1.807, 2.05) is 0 Å². The van der Waals surface area contributed by atoms with E-state index >= 15 is 0 Å². The number of alkyl halides is 3. The van der Waals surface area contributed by atoms with Crippen molar-refractivity contribution in [3.8, 4) is 5.75 Å². The average Bonchev–Trinajstić information content (AvgIpc) is 2.66. The van der Waals surface area contributed by atoms with Crippen LogP contribution >= 0.6 is 15.9 Å². The van der Waals surface area contributed by atoms with Gasteiger partial charge in [0, 0.05) is 24.7 Å². The molecule has 3 nitrogen and oxygen atoms in total. The van der Waals surface area contributed by atoms with Crippen molar-refractivity contribution in [2.75, 3.05) is 11.4 Å². The van der Waals surface area contributed by atoms with Crippen LogP contribution in [-0.4, -0.2) is 18.8 Å². The molecule has 0 saturated carbocycles.